The summed E-state index contributed by atoms with van der Waals surface area (Å²) in [6, 6.07) is 25.4. The van der Waals surface area contributed by atoms with Gasteiger partial charge in [-0.05, 0) is 23.3 Å². The Labute approximate surface area is 224 Å². The number of cyclic esters (lactones) is 1. The number of ether oxygens (including phenoxy) is 1. The average Bonchev–Trinajstić information content (AvgIpc) is 3.35. The lowest BCUT2D eigenvalue weighted by Crippen LogP contribution is -2.54. The Morgan fingerprint density at radius 2 is 1.61 bits per heavy atom. The lowest BCUT2D eigenvalue weighted by atomic mass is 10.0. The van der Waals surface area contributed by atoms with E-state index in [-0.39, 0.29) is 25.3 Å². The Kier molecular flexibility index (Phi) is 7.74. The van der Waals surface area contributed by atoms with Gasteiger partial charge in [0.15, 0.2) is 6.10 Å². The van der Waals surface area contributed by atoms with Gasteiger partial charge in [0.1, 0.15) is 12.6 Å². The standard InChI is InChI=1S/C29H27N3O5S/c33-24(30-17-19-9-3-1-4-10-19)18-32-21-13-7-8-14-23(21)38-27(20-11-5-2-6-12-20)26(29(32)36)31-28(35)22-15-16-25(34)37-22/h1-14,22,26-27H,15-18H2,(H,30,33)(H,31,35)/t22-,26-,27+/m0/s1. The first-order chi connectivity index (χ1) is 18.5. The number of anilines is 1. The predicted molar refractivity (Wildman–Crippen MR) is 143 cm³/mol. The second-order valence-electron chi connectivity index (χ2n) is 9.11. The minimum absolute atomic E-state index is 0.159. The summed E-state index contributed by atoms with van der Waals surface area (Å²) in [5.74, 6) is -1.69. The van der Waals surface area contributed by atoms with E-state index in [2.05, 4.69) is 10.6 Å². The summed E-state index contributed by atoms with van der Waals surface area (Å²) in [5.41, 5.74) is 2.39. The molecule has 9 heteroatoms. The number of carbonyl (C=O) groups excluding carboxylic acids is 4. The number of fused-ring (bicyclic) bond motifs is 1. The Bertz CT molecular complexity index is 1330. The fourth-order valence-corrected chi connectivity index (χ4v) is 5.90. The van der Waals surface area contributed by atoms with Crippen molar-refractivity contribution in [2.45, 2.75) is 41.7 Å². The smallest absolute Gasteiger partial charge is 0.306 e. The Morgan fingerprint density at radius 1 is 0.921 bits per heavy atom. The molecule has 8 nitrogen and oxygen atoms in total. The van der Waals surface area contributed by atoms with E-state index in [0.29, 0.717) is 12.2 Å². The van der Waals surface area contributed by atoms with Gasteiger partial charge in [-0.25, -0.2) is 0 Å². The van der Waals surface area contributed by atoms with E-state index in [9.17, 15) is 19.2 Å². The number of esters is 1. The van der Waals surface area contributed by atoms with Crippen LogP contribution in [-0.2, 0) is 30.5 Å². The zero-order valence-electron chi connectivity index (χ0n) is 20.5. The number of rotatable bonds is 7. The number of nitrogens with zero attached hydrogens (tertiary/aromatic N) is 1. The number of benzene rings is 3. The van der Waals surface area contributed by atoms with Crippen LogP contribution in [0.3, 0.4) is 0 Å². The van der Waals surface area contributed by atoms with Gasteiger partial charge in [-0.3, -0.25) is 19.2 Å². The number of nitrogens with one attached hydrogen (secondary N) is 2. The molecule has 0 spiro atoms. The van der Waals surface area contributed by atoms with Crippen molar-refractivity contribution in [2.24, 2.45) is 0 Å². The number of carbonyl (C=O) groups is 4. The van der Waals surface area contributed by atoms with Gasteiger partial charge in [0.2, 0.25) is 5.91 Å². The van der Waals surface area contributed by atoms with Gasteiger partial charge in [0.25, 0.3) is 11.8 Å². The molecule has 2 aliphatic heterocycles. The fraction of sp³-hybridized carbons (Fsp3) is 0.241. The Balaban J connectivity index is 1.44. The molecule has 3 aromatic carbocycles. The van der Waals surface area contributed by atoms with Gasteiger partial charge < -0.3 is 20.3 Å². The zero-order valence-corrected chi connectivity index (χ0v) is 21.4. The van der Waals surface area contributed by atoms with Crippen molar-refractivity contribution < 1.29 is 23.9 Å². The van der Waals surface area contributed by atoms with Gasteiger partial charge in [-0.15, -0.1) is 11.8 Å². The largest absolute Gasteiger partial charge is 0.452 e. The van der Waals surface area contributed by atoms with E-state index in [1.165, 1.54) is 16.7 Å². The second-order valence-corrected chi connectivity index (χ2v) is 10.3. The van der Waals surface area contributed by atoms with Gasteiger partial charge in [0.05, 0.1) is 10.9 Å². The van der Waals surface area contributed by atoms with Crippen LogP contribution in [0.2, 0.25) is 0 Å². The van der Waals surface area contributed by atoms with Crippen LogP contribution in [0.15, 0.2) is 89.8 Å². The highest BCUT2D eigenvalue weighted by Crippen LogP contribution is 2.45. The van der Waals surface area contributed by atoms with E-state index >= 15 is 0 Å². The van der Waals surface area contributed by atoms with Crippen LogP contribution >= 0.6 is 11.8 Å². The first-order valence-electron chi connectivity index (χ1n) is 12.4. The van der Waals surface area contributed by atoms with Gasteiger partial charge in [-0.1, -0.05) is 72.8 Å². The molecule has 3 atom stereocenters. The zero-order chi connectivity index (χ0) is 26.5. The Hall–Kier alpha value is -4.11. The van der Waals surface area contributed by atoms with Crippen LogP contribution in [0.4, 0.5) is 5.69 Å². The molecule has 1 saturated heterocycles. The topological polar surface area (TPSA) is 105 Å². The third-order valence-corrected chi connectivity index (χ3v) is 7.88. The predicted octanol–water partition coefficient (Wildman–Crippen LogP) is 3.37. The summed E-state index contributed by atoms with van der Waals surface area (Å²) in [4.78, 5) is 54.1. The quantitative estimate of drug-likeness (QED) is 0.455. The molecule has 2 aliphatic rings. The third kappa shape index (κ3) is 5.73. The van der Waals surface area contributed by atoms with Crippen molar-refractivity contribution >= 4 is 41.1 Å². The van der Waals surface area contributed by atoms with Crippen LogP contribution < -0.4 is 15.5 Å². The first-order valence-corrected chi connectivity index (χ1v) is 13.3. The molecule has 194 valence electrons. The Morgan fingerprint density at radius 3 is 2.32 bits per heavy atom. The normalized spacial score (nSPS) is 20.7. The molecule has 3 aromatic rings. The fourth-order valence-electron chi connectivity index (χ4n) is 4.56. The highest BCUT2D eigenvalue weighted by atomic mass is 32.2. The van der Waals surface area contributed by atoms with E-state index < -0.39 is 35.2 Å². The van der Waals surface area contributed by atoms with E-state index in [0.717, 1.165) is 16.0 Å². The summed E-state index contributed by atoms with van der Waals surface area (Å²) in [5, 5.41) is 5.27. The molecule has 2 heterocycles. The van der Waals surface area contributed by atoms with Gasteiger partial charge in [0, 0.05) is 24.3 Å². The van der Waals surface area contributed by atoms with Gasteiger partial charge in [-0.2, -0.15) is 0 Å². The molecule has 0 aliphatic carbocycles. The van der Waals surface area contributed by atoms with Crippen molar-refractivity contribution in [1.29, 1.82) is 0 Å². The van der Waals surface area contributed by atoms with Crippen LogP contribution in [0, 0.1) is 0 Å². The van der Waals surface area contributed by atoms with Crippen LogP contribution in [0.25, 0.3) is 0 Å². The minimum atomic E-state index is -0.997. The van der Waals surface area contributed by atoms with Crippen molar-refractivity contribution in [1.82, 2.24) is 10.6 Å². The number of hydrogen-bond donors (Lipinski definition) is 2. The van der Waals surface area contributed by atoms with E-state index in [1.54, 1.807) is 6.07 Å². The molecule has 0 saturated carbocycles. The molecular formula is C29H27N3O5S. The summed E-state index contributed by atoms with van der Waals surface area (Å²) in [6.45, 7) is 0.119. The lowest BCUT2D eigenvalue weighted by Gasteiger charge is -2.29. The molecule has 0 radical (unpaired) electrons. The molecular weight excluding hydrogens is 502 g/mol. The minimum Gasteiger partial charge on any atom is -0.452 e. The molecule has 0 unspecified atom stereocenters. The maximum absolute atomic E-state index is 14.1. The van der Waals surface area contributed by atoms with Crippen molar-refractivity contribution in [3.05, 3.63) is 96.1 Å². The maximum atomic E-state index is 14.1. The van der Waals surface area contributed by atoms with Gasteiger partial charge >= 0.3 is 5.97 Å². The highest BCUT2D eigenvalue weighted by molar-refractivity contribution is 7.99. The number of para-hydroxylation sites is 1. The summed E-state index contributed by atoms with van der Waals surface area (Å²) >= 11 is 1.45. The molecule has 1 fully saturated rings. The van der Waals surface area contributed by atoms with E-state index in [1.807, 2.05) is 78.9 Å². The second kappa shape index (κ2) is 11.5. The summed E-state index contributed by atoms with van der Waals surface area (Å²) < 4.78 is 5.15. The maximum Gasteiger partial charge on any atom is 0.306 e. The lowest BCUT2D eigenvalue weighted by molar-refractivity contribution is -0.148. The highest BCUT2D eigenvalue weighted by Gasteiger charge is 2.42. The molecule has 2 N–H and O–H groups in total. The molecule has 5 rings (SSSR count). The summed E-state index contributed by atoms with van der Waals surface area (Å²) in [6.07, 6.45) is -0.516. The van der Waals surface area contributed by atoms with Crippen LogP contribution in [0.1, 0.15) is 29.2 Å². The number of amides is 3. The molecule has 0 aromatic heterocycles. The molecule has 0 bridgehead atoms. The summed E-state index contributed by atoms with van der Waals surface area (Å²) in [7, 11) is 0. The van der Waals surface area contributed by atoms with E-state index in [4.69, 9.17) is 4.74 Å². The number of hydrogen-bond acceptors (Lipinski definition) is 6. The molecule has 3 amide bonds. The van der Waals surface area contributed by atoms with Crippen molar-refractivity contribution in [3.63, 3.8) is 0 Å². The van der Waals surface area contributed by atoms with Crippen LogP contribution in [0.5, 0.6) is 0 Å². The van der Waals surface area contributed by atoms with Crippen molar-refractivity contribution in [2.75, 3.05) is 11.4 Å². The monoisotopic (exact) mass is 529 g/mol. The van der Waals surface area contributed by atoms with Crippen molar-refractivity contribution in [3.8, 4) is 0 Å². The first kappa shape index (κ1) is 25.5. The molecule has 38 heavy (non-hydrogen) atoms. The van der Waals surface area contributed by atoms with Crippen LogP contribution in [-0.4, -0.2) is 42.4 Å². The third-order valence-electron chi connectivity index (χ3n) is 6.48. The number of thioether (sulfide) groups is 1. The SMILES string of the molecule is O=C(CN1C(=O)[C@@H](NC(=O)[C@@H]2CCC(=O)O2)[C@@H](c2ccccc2)Sc2ccccc21)NCc1ccccc1. The average molecular weight is 530 g/mol.